The van der Waals surface area contributed by atoms with E-state index in [9.17, 15) is 4.79 Å². The first-order chi connectivity index (χ1) is 5.71. The summed E-state index contributed by atoms with van der Waals surface area (Å²) in [5, 5.41) is 9.08. The topological polar surface area (TPSA) is 46.5 Å². The van der Waals surface area contributed by atoms with Gasteiger partial charge in [-0.2, -0.15) is 0 Å². The van der Waals surface area contributed by atoms with Crippen molar-refractivity contribution in [3.8, 4) is 0 Å². The van der Waals surface area contributed by atoms with E-state index in [0.29, 0.717) is 5.92 Å². The Kier molecular flexibility index (Phi) is 1.65. The van der Waals surface area contributed by atoms with Crippen molar-refractivity contribution in [2.75, 3.05) is 13.7 Å². The number of ether oxygens (including phenoxy) is 1. The van der Waals surface area contributed by atoms with Crippen LogP contribution in [0.2, 0.25) is 0 Å². The van der Waals surface area contributed by atoms with Crippen molar-refractivity contribution in [3.05, 3.63) is 0 Å². The Hall–Kier alpha value is -0.570. The molecule has 12 heavy (non-hydrogen) atoms. The maximum absolute atomic E-state index is 11.2. The van der Waals surface area contributed by atoms with Crippen LogP contribution in [-0.2, 0) is 9.53 Å². The Morgan fingerprint density at radius 2 is 2.25 bits per heavy atom. The molecule has 3 heteroatoms. The largest absolute Gasteiger partial charge is 0.469 e. The second-order valence-electron chi connectivity index (χ2n) is 4.16. The minimum Gasteiger partial charge on any atom is -0.469 e. The van der Waals surface area contributed by atoms with Gasteiger partial charge in [-0.15, -0.1) is 0 Å². The van der Waals surface area contributed by atoms with Gasteiger partial charge in [0.2, 0.25) is 0 Å². The third-order valence-electron chi connectivity index (χ3n) is 3.45. The number of carbonyl (C=O) groups is 1. The van der Waals surface area contributed by atoms with Crippen molar-refractivity contribution in [2.24, 2.45) is 17.3 Å². The molecule has 3 rings (SSSR count). The van der Waals surface area contributed by atoms with Crippen LogP contribution in [0.15, 0.2) is 0 Å². The maximum Gasteiger partial charge on any atom is 0.308 e. The van der Waals surface area contributed by atoms with Crippen molar-refractivity contribution in [2.45, 2.75) is 19.3 Å². The summed E-state index contributed by atoms with van der Waals surface area (Å²) in [4.78, 5) is 11.2. The van der Waals surface area contributed by atoms with Crippen LogP contribution in [0, 0.1) is 17.3 Å². The first kappa shape index (κ1) is 8.05. The van der Waals surface area contributed by atoms with E-state index in [2.05, 4.69) is 0 Å². The first-order valence-electron chi connectivity index (χ1n) is 4.39. The van der Waals surface area contributed by atoms with Crippen LogP contribution in [0.4, 0.5) is 0 Å². The maximum atomic E-state index is 11.2. The van der Waals surface area contributed by atoms with Crippen LogP contribution in [0.3, 0.4) is 0 Å². The zero-order valence-electron chi connectivity index (χ0n) is 7.25. The van der Waals surface area contributed by atoms with Crippen LogP contribution in [0.5, 0.6) is 0 Å². The SMILES string of the molecule is COC(=O)C1CC2(CO)CC1C2. The Morgan fingerprint density at radius 1 is 1.58 bits per heavy atom. The monoisotopic (exact) mass is 170 g/mol. The van der Waals surface area contributed by atoms with Crippen molar-refractivity contribution < 1.29 is 14.6 Å². The molecule has 0 saturated heterocycles. The van der Waals surface area contributed by atoms with Gasteiger partial charge in [0.25, 0.3) is 0 Å². The van der Waals surface area contributed by atoms with Crippen molar-refractivity contribution in [1.29, 1.82) is 0 Å². The van der Waals surface area contributed by atoms with Gasteiger partial charge in [-0.3, -0.25) is 4.79 Å². The number of esters is 1. The molecular weight excluding hydrogens is 156 g/mol. The predicted molar refractivity (Wildman–Crippen MR) is 42.4 cm³/mol. The minimum absolute atomic E-state index is 0.0714. The molecule has 0 aromatic rings. The summed E-state index contributed by atoms with van der Waals surface area (Å²) in [6.45, 7) is 0.233. The fraction of sp³-hybridized carbons (Fsp3) is 0.889. The summed E-state index contributed by atoms with van der Waals surface area (Å²) in [6, 6.07) is 0. The van der Waals surface area contributed by atoms with Crippen molar-refractivity contribution in [1.82, 2.24) is 0 Å². The molecule has 3 nitrogen and oxygen atoms in total. The number of hydrogen-bond donors (Lipinski definition) is 1. The summed E-state index contributed by atoms with van der Waals surface area (Å²) in [5.41, 5.74) is 0.0868. The van der Waals surface area contributed by atoms with Crippen LogP contribution >= 0.6 is 0 Å². The van der Waals surface area contributed by atoms with Gasteiger partial charge in [0.05, 0.1) is 13.0 Å². The molecule has 1 atom stereocenters. The highest BCUT2D eigenvalue weighted by atomic mass is 16.5. The van der Waals surface area contributed by atoms with E-state index in [0.717, 1.165) is 19.3 Å². The molecule has 2 bridgehead atoms. The third-order valence-corrected chi connectivity index (χ3v) is 3.45. The van der Waals surface area contributed by atoms with Crippen LogP contribution in [-0.4, -0.2) is 24.8 Å². The molecule has 1 N–H and O–H groups in total. The van der Waals surface area contributed by atoms with Gasteiger partial charge >= 0.3 is 5.97 Å². The number of methoxy groups -OCH3 is 1. The standard InChI is InChI=1S/C9H14O3/c1-12-8(11)7-4-9(5-10)2-6(7)3-9/h6-7,10H,2-5H2,1H3. The molecule has 3 aliphatic carbocycles. The Balaban J connectivity index is 2.02. The van der Waals surface area contributed by atoms with E-state index in [4.69, 9.17) is 9.84 Å². The van der Waals surface area contributed by atoms with Crippen molar-refractivity contribution in [3.63, 3.8) is 0 Å². The van der Waals surface area contributed by atoms with Crippen LogP contribution in [0.25, 0.3) is 0 Å². The van der Waals surface area contributed by atoms with E-state index in [-0.39, 0.29) is 23.9 Å². The number of aliphatic hydroxyl groups excluding tert-OH is 1. The molecule has 0 aromatic heterocycles. The second kappa shape index (κ2) is 2.46. The Bertz CT molecular complexity index is 206. The fourth-order valence-corrected chi connectivity index (χ4v) is 2.76. The summed E-state index contributed by atoms with van der Waals surface area (Å²) < 4.78 is 4.70. The smallest absolute Gasteiger partial charge is 0.308 e. The van der Waals surface area contributed by atoms with Gasteiger partial charge < -0.3 is 9.84 Å². The lowest BCUT2D eigenvalue weighted by molar-refractivity contribution is -0.146. The molecule has 3 fully saturated rings. The number of rotatable bonds is 2. The molecule has 3 aliphatic rings. The molecule has 1 unspecified atom stereocenters. The lowest BCUT2D eigenvalue weighted by Crippen LogP contribution is -2.32. The zero-order chi connectivity index (χ0) is 8.77. The summed E-state index contributed by atoms with van der Waals surface area (Å²) in [7, 11) is 1.43. The van der Waals surface area contributed by atoms with Gasteiger partial charge in [-0.25, -0.2) is 0 Å². The first-order valence-corrected chi connectivity index (χ1v) is 4.39. The van der Waals surface area contributed by atoms with E-state index in [1.807, 2.05) is 0 Å². The fourth-order valence-electron chi connectivity index (χ4n) is 2.76. The third kappa shape index (κ3) is 0.891. The van der Waals surface area contributed by atoms with Gasteiger partial charge in [-0.1, -0.05) is 0 Å². The van der Waals surface area contributed by atoms with E-state index in [1.54, 1.807) is 0 Å². The lowest BCUT2D eigenvalue weighted by Gasteiger charge is -2.36. The normalized spacial score (nSPS) is 43.8. The molecule has 68 valence electrons. The number of carbonyl (C=O) groups excluding carboxylic acids is 1. The minimum atomic E-state index is -0.0900. The van der Waals surface area contributed by atoms with E-state index >= 15 is 0 Å². The summed E-state index contributed by atoms with van der Waals surface area (Å²) >= 11 is 0. The second-order valence-corrected chi connectivity index (χ2v) is 4.16. The summed E-state index contributed by atoms with van der Waals surface area (Å²) in [6.07, 6.45) is 2.87. The summed E-state index contributed by atoms with van der Waals surface area (Å²) in [5.74, 6) is 0.472. The molecule has 0 heterocycles. The van der Waals surface area contributed by atoms with E-state index < -0.39 is 0 Å². The van der Waals surface area contributed by atoms with Gasteiger partial charge in [0.15, 0.2) is 0 Å². The number of fused-ring (bicyclic) bond motifs is 1. The van der Waals surface area contributed by atoms with Gasteiger partial charge in [0, 0.05) is 6.61 Å². The highest BCUT2D eigenvalue weighted by Gasteiger charge is 2.58. The molecule has 0 aliphatic heterocycles. The molecular formula is C9H14O3. The van der Waals surface area contributed by atoms with Crippen molar-refractivity contribution >= 4 is 5.97 Å². The highest BCUT2D eigenvalue weighted by Crippen LogP contribution is 2.61. The molecule has 0 spiro atoms. The average molecular weight is 170 g/mol. The van der Waals surface area contributed by atoms with Gasteiger partial charge in [0.1, 0.15) is 0 Å². The van der Waals surface area contributed by atoms with E-state index in [1.165, 1.54) is 7.11 Å². The Labute approximate surface area is 71.7 Å². The highest BCUT2D eigenvalue weighted by molar-refractivity contribution is 5.73. The molecule has 3 saturated carbocycles. The molecule has 0 amide bonds. The zero-order valence-corrected chi connectivity index (χ0v) is 7.25. The predicted octanol–water partition coefficient (Wildman–Crippen LogP) is 0.568. The van der Waals surface area contributed by atoms with Crippen LogP contribution in [0.1, 0.15) is 19.3 Å². The molecule has 0 radical (unpaired) electrons. The quantitative estimate of drug-likeness (QED) is 0.616. The number of aliphatic hydroxyl groups is 1. The number of hydrogen-bond acceptors (Lipinski definition) is 3. The lowest BCUT2D eigenvalue weighted by atomic mass is 9.70. The Morgan fingerprint density at radius 3 is 2.67 bits per heavy atom. The average Bonchev–Trinajstić information content (AvgIpc) is 2.56. The van der Waals surface area contributed by atoms with Gasteiger partial charge in [-0.05, 0) is 30.6 Å². The molecule has 0 aromatic carbocycles. The van der Waals surface area contributed by atoms with Crippen LogP contribution < -0.4 is 0 Å².